The van der Waals surface area contributed by atoms with Crippen molar-refractivity contribution in [3.05, 3.63) is 60.7 Å². The van der Waals surface area contributed by atoms with Crippen LogP contribution >= 0.6 is 0 Å². The van der Waals surface area contributed by atoms with Crippen molar-refractivity contribution in [2.45, 2.75) is 57.4 Å². The van der Waals surface area contributed by atoms with Crippen molar-refractivity contribution in [3.63, 3.8) is 0 Å². The maximum atomic E-state index is 12.1. The molecule has 0 fully saturated rings. The standard InChI is InChI=1S/C24H32O2Si/c1-24(2,20-14-6-4-3-5-7-15-21-25)27(26,22-16-10-8-11-17-22)23-18-12-9-13-19-23/h8-13,16-19,25-26H,5-7,14-15,20-21H2,1-2H3. The highest BCUT2D eigenvalue weighted by atomic mass is 28.4. The van der Waals surface area contributed by atoms with Crippen LogP contribution in [0.4, 0.5) is 0 Å². The maximum absolute atomic E-state index is 12.1. The van der Waals surface area contributed by atoms with Gasteiger partial charge in [0.2, 0.25) is 0 Å². The predicted octanol–water partition coefficient (Wildman–Crippen LogP) is 3.86. The summed E-state index contributed by atoms with van der Waals surface area (Å²) in [5.41, 5.74) is 0. The van der Waals surface area contributed by atoms with Crippen LogP contribution in [0.2, 0.25) is 5.04 Å². The number of rotatable bonds is 9. The Morgan fingerprint density at radius 1 is 0.778 bits per heavy atom. The number of aliphatic hydroxyl groups is 1. The molecular formula is C24H32O2Si. The summed E-state index contributed by atoms with van der Waals surface area (Å²) >= 11 is 0. The van der Waals surface area contributed by atoms with Crippen LogP contribution in [-0.2, 0) is 0 Å². The largest absolute Gasteiger partial charge is 0.424 e. The minimum atomic E-state index is -2.89. The van der Waals surface area contributed by atoms with E-state index < -0.39 is 8.32 Å². The number of benzene rings is 2. The zero-order valence-corrected chi connectivity index (χ0v) is 17.6. The molecule has 2 aromatic rings. The summed E-state index contributed by atoms with van der Waals surface area (Å²) in [5, 5.41) is 10.7. The Hall–Kier alpha value is -1.86. The van der Waals surface area contributed by atoms with Crippen LogP contribution < -0.4 is 10.4 Å². The van der Waals surface area contributed by atoms with Gasteiger partial charge < -0.3 is 9.90 Å². The lowest BCUT2D eigenvalue weighted by molar-refractivity contribution is 0.285. The maximum Gasteiger partial charge on any atom is 0.258 e. The summed E-state index contributed by atoms with van der Waals surface area (Å²) in [6.45, 7) is 4.65. The second kappa shape index (κ2) is 10.5. The fourth-order valence-electron chi connectivity index (χ4n) is 3.61. The van der Waals surface area contributed by atoms with Gasteiger partial charge in [-0.3, -0.25) is 0 Å². The van der Waals surface area contributed by atoms with Crippen molar-refractivity contribution in [2.24, 2.45) is 0 Å². The van der Waals surface area contributed by atoms with Crippen molar-refractivity contribution in [1.82, 2.24) is 0 Å². The highest BCUT2D eigenvalue weighted by Gasteiger charge is 2.49. The van der Waals surface area contributed by atoms with E-state index in [9.17, 15) is 4.80 Å². The van der Waals surface area contributed by atoms with Gasteiger partial charge in [0.05, 0.1) is 0 Å². The molecule has 0 bridgehead atoms. The van der Waals surface area contributed by atoms with E-state index in [1.165, 1.54) is 0 Å². The first-order valence-corrected chi connectivity index (χ1v) is 11.9. The summed E-state index contributed by atoms with van der Waals surface area (Å²) in [5.74, 6) is 6.45. The second-order valence-electron chi connectivity index (χ2n) is 7.71. The lowest BCUT2D eigenvalue weighted by atomic mass is 10.1. The van der Waals surface area contributed by atoms with Crippen molar-refractivity contribution in [1.29, 1.82) is 0 Å². The van der Waals surface area contributed by atoms with Crippen LogP contribution in [0, 0.1) is 11.8 Å². The first kappa shape index (κ1) is 21.4. The number of hydrogen-bond donors (Lipinski definition) is 2. The number of aliphatic hydroxyl groups excluding tert-OH is 1. The van der Waals surface area contributed by atoms with E-state index >= 15 is 0 Å². The van der Waals surface area contributed by atoms with Gasteiger partial charge in [-0.1, -0.05) is 74.5 Å². The van der Waals surface area contributed by atoms with Crippen LogP contribution in [0.5, 0.6) is 0 Å². The zero-order valence-electron chi connectivity index (χ0n) is 16.6. The summed E-state index contributed by atoms with van der Waals surface area (Å²) in [4.78, 5) is 12.1. The van der Waals surface area contributed by atoms with E-state index in [4.69, 9.17) is 5.11 Å². The Balaban J connectivity index is 2.13. The molecule has 144 valence electrons. The van der Waals surface area contributed by atoms with E-state index in [1.807, 2.05) is 36.4 Å². The monoisotopic (exact) mass is 380 g/mol. The molecule has 0 aliphatic carbocycles. The Morgan fingerprint density at radius 3 is 1.74 bits per heavy atom. The van der Waals surface area contributed by atoms with E-state index in [0.29, 0.717) is 0 Å². The summed E-state index contributed by atoms with van der Waals surface area (Å²) < 4.78 is 0. The second-order valence-corrected chi connectivity index (χ2v) is 11.6. The van der Waals surface area contributed by atoms with Crippen molar-refractivity contribution < 1.29 is 9.90 Å². The Morgan fingerprint density at radius 2 is 1.26 bits per heavy atom. The van der Waals surface area contributed by atoms with E-state index in [-0.39, 0.29) is 11.6 Å². The molecule has 0 amide bonds. The Bertz CT molecular complexity index is 690. The van der Waals surface area contributed by atoms with Gasteiger partial charge in [-0.2, -0.15) is 0 Å². The average molecular weight is 381 g/mol. The summed E-state index contributed by atoms with van der Waals surface area (Å²) in [7, 11) is -2.89. The highest BCUT2D eigenvalue weighted by molar-refractivity contribution is 6.98. The quantitative estimate of drug-likeness (QED) is 0.394. The molecule has 2 nitrogen and oxygen atoms in total. The molecule has 0 aliphatic rings. The molecule has 0 unspecified atom stereocenters. The van der Waals surface area contributed by atoms with E-state index in [1.54, 1.807) is 0 Å². The van der Waals surface area contributed by atoms with Gasteiger partial charge >= 0.3 is 0 Å². The van der Waals surface area contributed by atoms with Gasteiger partial charge in [0.25, 0.3) is 8.32 Å². The van der Waals surface area contributed by atoms with Gasteiger partial charge in [0.1, 0.15) is 0 Å². The first-order chi connectivity index (χ1) is 13.0. The number of hydrogen-bond acceptors (Lipinski definition) is 2. The van der Waals surface area contributed by atoms with Crippen molar-refractivity contribution in [3.8, 4) is 11.8 Å². The molecular weight excluding hydrogens is 348 g/mol. The SMILES string of the molecule is CC(C)(CCCC#CCCCCO)[Si](O)(c1ccccc1)c1ccccc1. The van der Waals surface area contributed by atoms with E-state index in [2.05, 4.69) is 50.0 Å². The van der Waals surface area contributed by atoms with Gasteiger partial charge in [-0.25, -0.2) is 0 Å². The fraction of sp³-hybridized carbons (Fsp3) is 0.417. The predicted molar refractivity (Wildman–Crippen MR) is 117 cm³/mol. The Labute approximate surface area is 165 Å². The third-order valence-corrected chi connectivity index (χ3v) is 9.85. The molecule has 0 spiro atoms. The smallest absolute Gasteiger partial charge is 0.258 e. The Kier molecular flexibility index (Phi) is 8.31. The molecule has 0 aliphatic heterocycles. The minimum absolute atomic E-state index is 0.200. The van der Waals surface area contributed by atoms with Gasteiger partial charge in [-0.15, -0.1) is 11.8 Å². The zero-order chi connectivity index (χ0) is 19.6. The van der Waals surface area contributed by atoms with Crippen LogP contribution in [0.15, 0.2) is 60.7 Å². The van der Waals surface area contributed by atoms with Crippen molar-refractivity contribution >= 4 is 18.7 Å². The molecule has 0 saturated carbocycles. The third-order valence-electron chi connectivity index (χ3n) is 5.30. The summed E-state index contributed by atoms with van der Waals surface area (Å²) in [6.07, 6.45) is 5.42. The molecule has 2 aromatic carbocycles. The molecule has 0 radical (unpaired) electrons. The van der Waals surface area contributed by atoms with Gasteiger partial charge in [0.15, 0.2) is 0 Å². The molecule has 0 saturated heterocycles. The normalized spacial score (nSPS) is 11.7. The molecule has 0 aromatic heterocycles. The number of unbranched alkanes of at least 4 members (excludes halogenated alkanes) is 3. The van der Waals surface area contributed by atoms with Crippen LogP contribution in [0.3, 0.4) is 0 Å². The molecule has 2 N–H and O–H groups in total. The lowest BCUT2D eigenvalue weighted by Crippen LogP contribution is -2.65. The van der Waals surface area contributed by atoms with Crippen molar-refractivity contribution in [2.75, 3.05) is 6.61 Å². The van der Waals surface area contributed by atoms with Crippen LogP contribution in [0.25, 0.3) is 0 Å². The molecule has 2 rings (SSSR count). The highest BCUT2D eigenvalue weighted by Crippen LogP contribution is 2.40. The van der Waals surface area contributed by atoms with E-state index in [0.717, 1.165) is 48.9 Å². The van der Waals surface area contributed by atoms with Gasteiger partial charge in [-0.05, 0) is 41.1 Å². The van der Waals surface area contributed by atoms with Gasteiger partial charge in [0, 0.05) is 19.4 Å². The molecule has 0 atom stereocenters. The first-order valence-electron chi connectivity index (χ1n) is 9.92. The van der Waals surface area contributed by atoms with Crippen LogP contribution in [-0.4, -0.2) is 24.8 Å². The lowest BCUT2D eigenvalue weighted by Gasteiger charge is -2.41. The molecule has 27 heavy (non-hydrogen) atoms. The molecule has 0 heterocycles. The third kappa shape index (κ3) is 5.56. The fourth-order valence-corrected chi connectivity index (χ4v) is 7.39. The van der Waals surface area contributed by atoms with Crippen LogP contribution in [0.1, 0.15) is 52.4 Å². The topological polar surface area (TPSA) is 40.5 Å². The average Bonchev–Trinajstić information content (AvgIpc) is 2.70. The summed E-state index contributed by atoms with van der Waals surface area (Å²) in [6, 6.07) is 20.4. The molecule has 3 heteroatoms. The minimum Gasteiger partial charge on any atom is -0.424 e.